The SMILES string of the molecule is C=CCOCC(NC(=O)C(CC)Cc1cccc(Br)c1)C(=O)O. The Bertz CT molecular complexity index is 547. The second-order valence-corrected chi connectivity index (χ2v) is 6.08. The van der Waals surface area contributed by atoms with Gasteiger partial charge in [0.2, 0.25) is 5.91 Å². The number of ether oxygens (including phenoxy) is 1. The number of rotatable bonds is 10. The van der Waals surface area contributed by atoms with Crippen LogP contribution in [0.15, 0.2) is 41.4 Å². The van der Waals surface area contributed by atoms with Crippen LogP contribution in [0, 0.1) is 5.92 Å². The van der Waals surface area contributed by atoms with Gasteiger partial charge < -0.3 is 15.2 Å². The van der Waals surface area contributed by atoms with E-state index >= 15 is 0 Å². The van der Waals surface area contributed by atoms with E-state index in [0.29, 0.717) is 12.8 Å². The molecule has 0 aliphatic rings. The highest BCUT2D eigenvalue weighted by atomic mass is 79.9. The average Bonchev–Trinajstić information content (AvgIpc) is 2.51. The second-order valence-electron chi connectivity index (χ2n) is 5.16. The Balaban J connectivity index is 2.66. The molecule has 1 aromatic rings. The van der Waals surface area contributed by atoms with Gasteiger partial charge in [-0.2, -0.15) is 0 Å². The van der Waals surface area contributed by atoms with Gasteiger partial charge in [-0.25, -0.2) is 4.79 Å². The molecule has 0 saturated heterocycles. The highest BCUT2D eigenvalue weighted by molar-refractivity contribution is 9.10. The smallest absolute Gasteiger partial charge is 0.328 e. The van der Waals surface area contributed by atoms with Crippen LogP contribution in [0.25, 0.3) is 0 Å². The summed E-state index contributed by atoms with van der Waals surface area (Å²) in [5.74, 6) is -1.67. The summed E-state index contributed by atoms with van der Waals surface area (Å²) in [4.78, 5) is 23.6. The molecule has 2 atom stereocenters. The Morgan fingerprint density at radius 2 is 2.22 bits per heavy atom. The van der Waals surface area contributed by atoms with E-state index < -0.39 is 12.0 Å². The number of carbonyl (C=O) groups is 2. The summed E-state index contributed by atoms with van der Waals surface area (Å²) in [7, 11) is 0. The summed E-state index contributed by atoms with van der Waals surface area (Å²) in [6.45, 7) is 5.57. The Hall–Kier alpha value is -1.66. The highest BCUT2D eigenvalue weighted by Crippen LogP contribution is 2.17. The van der Waals surface area contributed by atoms with Gasteiger partial charge in [0, 0.05) is 10.4 Å². The van der Waals surface area contributed by atoms with E-state index in [4.69, 9.17) is 4.74 Å². The van der Waals surface area contributed by atoms with Gasteiger partial charge in [-0.15, -0.1) is 6.58 Å². The van der Waals surface area contributed by atoms with Crippen LogP contribution < -0.4 is 5.32 Å². The van der Waals surface area contributed by atoms with Gasteiger partial charge in [0.15, 0.2) is 6.04 Å². The fourth-order valence-corrected chi connectivity index (χ4v) is 2.55. The Morgan fingerprint density at radius 1 is 1.48 bits per heavy atom. The first-order chi connectivity index (χ1) is 11.0. The van der Waals surface area contributed by atoms with Crippen molar-refractivity contribution in [1.82, 2.24) is 5.32 Å². The molecule has 0 bridgehead atoms. The summed E-state index contributed by atoms with van der Waals surface area (Å²) in [5, 5.41) is 11.7. The number of halogens is 1. The number of benzene rings is 1. The maximum atomic E-state index is 12.3. The molecule has 126 valence electrons. The minimum absolute atomic E-state index is 0.0829. The van der Waals surface area contributed by atoms with Gasteiger partial charge in [-0.1, -0.05) is 41.1 Å². The predicted octanol–water partition coefficient (Wildman–Crippen LogP) is 2.79. The number of amides is 1. The molecule has 0 aliphatic carbocycles. The fraction of sp³-hybridized carbons (Fsp3) is 0.412. The molecule has 23 heavy (non-hydrogen) atoms. The van der Waals surface area contributed by atoms with Crippen molar-refractivity contribution in [2.24, 2.45) is 5.92 Å². The van der Waals surface area contributed by atoms with Gasteiger partial charge in [-0.05, 0) is 30.5 Å². The first-order valence-electron chi connectivity index (χ1n) is 7.44. The largest absolute Gasteiger partial charge is 0.480 e. The lowest BCUT2D eigenvalue weighted by molar-refractivity contribution is -0.144. The Labute approximate surface area is 144 Å². The third-order valence-corrected chi connectivity index (χ3v) is 3.86. The minimum atomic E-state index is -1.11. The van der Waals surface area contributed by atoms with E-state index in [1.165, 1.54) is 6.08 Å². The highest BCUT2D eigenvalue weighted by Gasteiger charge is 2.24. The summed E-state index contributed by atoms with van der Waals surface area (Å²) in [6, 6.07) is 6.68. The van der Waals surface area contributed by atoms with Crippen molar-refractivity contribution < 1.29 is 19.4 Å². The molecule has 2 N–H and O–H groups in total. The summed E-state index contributed by atoms with van der Waals surface area (Å²) >= 11 is 3.40. The van der Waals surface area contributed by atoms with Gasteiger partial charge in [-0.3, -0.25) is 4.79 Å². The van der Waals surface area contributed by atoms with Crippen LogP contribution in [0.2, 0.25) is 0 Å². The van der Waals surface area contributed by atoms with Crippen LogP contribution in [-0.4, -0.2) is 36.2 Å². The lowest BCUT2D eigenvalue weighted by Crippen LogP contribution is -2.46. The predicted molar refractivity (Wildman–Crippen MR) is 92.2 cm³/mol. The molecule has 0 aromatic heterocycles. The quantitative estimate of drug-likeness (QED) is 0.481. The number of aliphatic carboxylic acids is 1. The standard InChI is InChI=1S/C17H22BrNO4/c1-3-8-23-11-15(17(21)22)19-16(20)13(4-2)9-12-6-5-7-14(18)10-12/h3,5-7,10,13,15H,1,4,8-9,11H2,2H3,(H,19,20)(H,21,22). The first kappa shape index (κ1) is 19.4. The lowest BCUT2D eigenvalue weighted by atomic mass is 9.96. The molecule has 6 heteroatoms. The second kappa shape index (κ2) is 10.2. The fourth-order valence-electron chi connectivity index (χ4n) is 2.10. The number of carboxylic acid groups (broad SMARTS) is 1. The number of carbonyl (C=O) groups excluding carboxylic acids is 1. The first-order valence-corrected chi connectivity index (χ1v) is 8.23. The maximum Gasteiger partial charge on any atom is 0.328 e. The van der Waals surface area contributed by atoms with Crippen LogP contribution in [0.1, 0.15) is 18.9 Å². The molecule has 0 spiro atoms. The summed E-state index contributed by atoms with van der Waals surface area (Å²) < 4.78 is 6.09. The van der Waals surface area contributed by atoms with E-state index in [0.717, 1.165) is 10.0 Å². The van der Waals surface area contributed by atoms with Gasteiger partial charge in [0.25, 0.3) is 0 Å². The molecule has 5 nitrogen and oxygen atoms in total. The number of hydrogen-bond acceptors (Lipinski definition) is 3. The minimum Gasteiger partial charge on any atom is -0.480 e. The van der Waals surface area contributed by atoms with Crippen molar-refractivity contribution >= 4 is 27.8 Å². The van der Waals surface area contributed by atoms with Crippen molar-refractivity contribution in [3.05, 3.63) is 47.0 Å². The van der Waals surface area contributed by atoms with Gasteiger partial charge >= 0.3 is 5.97 Å². The zero-order chi connectivity index (χ0) is 17.2. The molecular formula is C17H22BrNO4. The molecule has 1 rings (SSSR count). The van der Waals surface area contributed by atoms with Crippen molar-refractivity contribution in [3.8, 4) is 0 Å². The van der Waals surface area contributed by atoms with E-state index in [1.807, 2.05) is 31.2 Å². The van der Waals surface area contributed by atoms with E-state index in [1.54, 1.807) is 0 Å². The van der Waals surface area contributed by atoms with E-state index in [-0.39, 0.29) is 25.0 Å². The third kappa shape index (κ3) is 6.97. The molecule has 0 radical (unpaired) electrons. The zero-order valence-corrected chi connectivity index (χ0v) is 14.7. The van der Waals surface area contributed by atoms with Crippen molar-refractivity contribution in [1.29, 1.82) is 0 Å². The summed E-state index contributed by atoms with van der Waals surface area (Å²) in [5.41, 5.74) is 1.02. The zero-order valence-electron chi connectivity index (χ0n) is 13.1. The number of hydrogen-bond donors (Lipinski definition) is 2. The molecule has 0 saturated carbocycles. The molecule has 0 fully saturated rings. The van der Waals surface area contributed by atoms with Crippen LogP contribution >= 0.6 is 15.9 Å². The third-order valence-electron chi connectivity index (χ3n) is 3.37. The van der Waals surface area contributed by atoms with Crippen molar-refractivity contribution in [2.75, 3.05) is 13.2 Å². The van der Waals surface area contributed by atoms with Crippen LogP contribution in [-0.2, 0) is 20.7 Å². The Kier molecular flexibility index (Phi) is 8.58. The van der Waals surface area contributed by atoms with Gasteiger partial charge in [0.05, 0.1) is 13.2 Å². The Morgan fingerprint density at radius 3 is 2.78 bits per heavy atom. The average molecular weight is 384 g/mol. The molecule has 1 amide bonds. The molecule has 1 aromatic carbocycles. The topological polar surface area (TPSA) is 75.6 Å². The maximum absolute atomic E-state index is 12.3. The van der Waals surface area contributed by atoms with E-state index in [9.17, 15) is 14.7 Å². The number of carboxylic acids is 1. The van der Waals surface area contributed by atoms with Crippen LogP contribution in [0.5, 0.6) is 0 Å². The monoisotopic (exact) mass is 383 g/mol. The molecular weight excluding hydrogens is 362 g/mol. The van der Waals surface area contributed by atoms with Crippen molar-refractivity contribution in [3.63, 3.8) is 0 Å². The van der Waals surface area contributed by atoms with Gasteiger partial charge in [0.1, 0.15) is 0 Å². The summed E-state index contributed by atoms with van der Waals surface area (Å²) in [6.07, 6.45) is 2.71. The van der Waals surface area contributed by atoms with Crippen LogP contribution in [0.4, 0.5) is 0 Å². The molecule has 0 heterocycles. The van der Waals surface area contributed by atoms with E-state index in [2.05, 4.69) is 27.8 Å². The van der Waals surface area contributed by atoms with Crippen LogP contribution in [0.3, 0.4) is 0 Å². The lowest BCUT2D eigenvalue weighted by Gasteiger charge is -2.19. The molecule has 0 aliphatic heterocycles. The molecule has 2 unspecified atom stereocenters. The normalized spacial score (nSPS) is 13.1. The van der Waals surface area contributed by atoms with Crippen molar-refractivity contribution in [2.45, 2.75) is 25.8 Å². The number of nitrogens with one attached hydrogen (secondary N) is 1.